The monoisotopic (exact) mass is 443 g/mol. The first-order valence-electron chi connectivity index (χ1n) is 9.36. The molecule has 0 saturated heterocycles. The molecule has 1 aliphatic heterocycles. The summed E-state index contributed by atoms with van der Waals surface area (Å²) < 4.78 is 52.3. The van der Waals surface area contributed by atoms with Crippen LogP contribution in [-0.2, 0) is 16.0 Å². The highest BCUT2D eigenvalue weighted by atomic mass is 35.5. The molecule has 162 valence electrons. The third-order valence-corrected chi connectivity index (χ3v) is 5.50. The van der Waals surface area contributed by atoms with Gasteiger partial charge in [-0.1, -0.05) is 17.7 Å². The molecule has 30 heavy (non-hydrogen) atoms. The molecule has 1 aliphatic rings. The molecule has 3 atom stereocenters. The molecule has 0 fully saturated rings. The Hall–Kier alpha value is -2.32. The second kappa shape index (κ2) is 8.81. The van der Waals surface area contributed by atoms with Gasteiger partial charge in [-0.25, -0.2) is 0 Å². The number of nitrogens with zero attached hydrogens (tertiary/aromatic N) is 1. The Morgan fingerprint density at radius 1 is 1.33 bits per heavy atom. The summed E-state index contributed by atoms with van der Waals surface area (Å²) in [5.41, 5.74) is 0.697. The van der Waals surface area contributed by atoms with Crippen molar-refractivity contribution in [2.45, 2.75) is 38.1 Å². The number of aldehydes is 1. The summed E-state index contributed by atoms with van der Waals surface area (Å²) in [5.74, 6) is -1.63. The molecule has 5 nitrogen and oxygen atoms in total. The van der Waals surface area contributed by atoms with Gasteiger partial charge in [0.2, 0.25) is 0 Å². The minimum absolute atomic E-state index is 0.0870. The normalized spacial score (nSPS) is 18.3. The number of fused-ring (bicyclic) bond motifs is 3. The van der Waals surface area contributed by atoms with Gasteiger partial charge >= 0.3 is 6.18 Å². The average Bonchev–Trinajstić information content (AvgIpc) is 2.68. The molecule has 0 saturated carbocycles. The van der Waals surface area contributed by atoms with E-state index in [1.165, 1.54) is 37.6 Å². The van der Waals surface area contributed by atoms with Crippen molar-refractivity contribution in [1.82, 2.24) is 4.57 Å². The van der Waals surface area contributed by atoms with Gasteiger partial charge in [-0.3, -0.25) is 4.79 Å². The number of pyridine rings is 1. The van der Waals surface area contributed by atoms with E-state index in [4.69, 9.17) is 21.1 Å². The summed E-state index contributed by atoms with van der Waals surface area (Å²) >= 11 is 6.07. The topological polar surface area (TPSA) is 57.5 Å². The van der Waals surface area contributed by atoms with E-state index in [2.05, 4.69) is 0 Å². The van der Waals surface area contributed by atoms with E-state index < -0.39 is 30.3 Å². The Morgan fingerprint density at radius 2 is 2.07 bits per heavy atom. The fraction of sp³-hybridized carbons (Fsp3) is 0.429. The van der Waals surface area contributed by atoms with Crippen LogP contribution >= 0.6 is 11.6 Å². The highest BCUT2D eigenvalue weighted by Gasteiger charge is 2.41. The maximum Gasteiger partial charge on any atom is 0.395 e. The van der Waals surface area contributed by atoms with Crippen molar-refractivity contribution in [3.8, 4) is 16.9 Å². The molecule has 3 unspecified atom stereocenters. The van der Waals surface area contributed by atoms with Crippen LogP contribution in [0.25, 0.3) is 11.1 Å². The number of carbonyl (C=O) groups excluding carboxylic acids is 1. The molecule has 1 aromatic heterocycles. The zero-order valence-corrected chi connectivity index (χ0v) is 17.2. The van der Waals surface area contributed by atoms with Crippen LogP contribution < -0.4 is 10.3 Å². The maximum atomic E-state index is 13.5. The van der Waals surface area contributed by atoms with Crippen molar-refractivity contribution in [2.75, 3.05) is 13.7 Å². The summed E-state index contributed by atoms with van der Waals surface area (Å²) in [7, 11) is 1.48. The second-order valence-corrected chi connectivity index (χ2v) is 7.77. The number of ether oxygens (including phenoxy) is 2. The van der Waals surface area contributed by atoms with Gasteiger partial charge in [0.15, 0.2) is 0 Å². The van der Waals surface area contributed by atoms with Gasteiger partial charge < -0.3 is 18.8 Å². The Balaban J connectivity index is 2.14. The standard InChI is InChI=1S/C21H21ClF3NO4/c1-12(29-2)5-16(10-27)26-9-19-18(8-20(26)28)17-7-15(22)4-3-13(17)6-14(11-30-19)21(23,24)25/h3-4,7-10,12,14,16H,5-6,11H2,1-2H3. The minimum Gasteiger partial charge on any atom is -0.491 e. The van der Waals surface area contributed by atoms with E-state index in [1.807, 2.05) is 0 Å². The van der Waals surface area contributed by atoms with Gasteiger partial charge in [-0.15, -0.1) is 0 Å². The number of aromatic nitrogens is 1. The summed E-state index contributed by atoms with van der Waals surface area (Å²) in [5, 5.41) is 0.327. The molecule has 0 amide bonds. The van der Waals surface area contributed by atoms with Gasteiger partial charge in [-0.05, 0) is 36.6 Å². The highest BCUT2D eigenvalue weighted by Crippen LogP contribution is 2.40. The average molecular weight is 444 g/mol. The van der Waals surface area contributed by atoms with Crippen LogP contribution in [0.3, 0.4) is 0 Å². The van der Waals surface area contributed by atoms with E-state index in [1.54, 1.807) is 6.92 Å². The lowest BCUT2D eigenvalue weighted by atomic mass is 9.91. The Labute approximate surface area is 176 Å². The molecule has 3 rings (SSSR count). The first-order chi connectivity index (χ1) is 14.1. The van der Waals surface area contributed by atoms with Gasteiger partial charge in [0.25, 0.3) is 5.56 Å². The predicted octanol–water partition coefficient (Wildman–Crippen LogP) is 4.45. The third kappa shape index (κ3) is 4.70. The second-order valence-electron chi connectivity index (χ2n) is 7.34. The van der Waals surface area contributed by atoms with Crippen molar-refractivity contribution >= 4 is 17.9 Å². The molecular formula is C21H21ClF3NO4. The Morgan fingerprint density at radius 3 is 2.70 bits per heavy atom. The molecule has 0 aliphatic carbocycles. The summed E-state index contributed by atoms with van der Waals surface area (Å²) in [6.07, 6.45) is -2.92. The van der Waals surface area contributed by atoms with Crippen LogP contribution in [0.4, 0.5) is 13.2 Å². The number of halogens is 4. The van der Waals surface area contributed by atoms with E-state index in [9.17, 15) is 22.8 Å². The van der Waals surface area contributed by atoms with E-state index >= 15 is 0 Å². The van der Waals surface area contributed by atoms with Crippen LogP contribution in [0.2, 0.25) is 5.02 Å². The predicted molar refractivity (Wildman–Crippen MR) is 106 cm³/mol. The zero-order valence-electron chi connectivity index (χ0n) is 16.4. The smallest absolute Gasteiger partial charge is 0.395 e. The molecule has 1 aromatic carbocycles. The van der Waals surface area contributed by atoms with Crippen LogP contribution in [-0.4, -0.2) is 36.9 Å². The van der Waals surface area contributed by atoms with Gasteiger partial charge in [-0.2, -0.15) is 13.2 Å². The van der Waals surface area contributed by atoms with Crippen LogP contribution in [0.15, 0.2) is 35.3 Å². The zero-order chi connectivity index (χ0) is 22.1. The number of hydrogen-bond donors (Lipinski definition) is 0. The molecule has 0 N–H and O–H groups in total. The van der Waals surface area contributed by atoms with Crippen molar-refractivity contribution in [2.24, 2.45) is 5.92 Å². The molecule has 0 radical (unpaired) electrons. The number of alkyl halides is 3. The summed E-state index contributed by atoms with van der Waals surface area (Å²) in [6, 6.07) is 5.00. The quantitative estimate of drug-likeness (QED) is 0.641. The lowest BCUT2D eigenvalue weighted by Gasteiger charge is -2.27. The molecule has 2 heterocycles. The molecule has 9 heteroatoms. The fourth-order valence-corrected chi connectivity index (χ4v) is 3.66. The van der Waals surface area contributed by atoms with Gasteiger partial charge in [0, 0.05) is 30.2 Å². The van der Waals surface area contributed by atoms with Crippen LogP contribution in [0.1, 0.15) is 24.9 Å². The van der Waals surface area contributed by atoms with E-state index in [0.29, 0.717) is 28.0 Å². The SMILES string of the molecule is COC(C)CC(C=O)n1cc2c(cc1=O)-c1cc(Cl)ccc1CC(C(F)(F)F)CO2. The number of hydrogen-bond acceptors (Lipinski definition) is 4. The minimum atomic E-state index is -4.46. The first-order valence-corrected chi connectivity index (χ1v) is 9.74. The van der Waals surface area contributed by atoms with Crippen LogP contribution in [0.5, 0.6) is 5.75 Å². The first kappa shape index (κ1) is 22.4. The van der Waals surface area contributed by atoms with Crippen molar-refractivity contribution in [1.29, 1.82) is 0 Å². The number of methoxy groups -OCH3 is 1. The maximum absolute atomic E-state index is 13.5. The third-order valence-electron chi connectivity index (χ3n) is 5.27. The largest absolute Gasteiger partial charge is 0.491 e. The van der Waals surface area contributed by atoms with Gasteiger partial charge in [0.1, 0.15) is 18.6 Å². The van der Waals surface area contributed by atoms with E-state index in [0.717, 1.165) is 4.57 Å². The molecule has 2 aromatic rings. The summed E-state index contributed by atoms with van der Waals surface area (Å²) in [6.45, 7) is 1.15. The molecular weight excluding hydrogens is 423 g/mol. The number of rotatable bonds is 5. The molecule has 0 bridgehead atoms. The number of carbonyl (C=O) groups is 1. The van der Waals surface area contributed by atoms with E-state index in [-0.39, 0.29) is 24.7 Å². The van der Waals surface area contributed by atoms with Crippen LogP contribution in [0, 0.1) is 5.92 Å². The number of benzene rings is 1. The van der Waals surface area contributed by atoms with Gasteiger partial charge in [0.05, 0.1) is 24.3 Å². The Bertz CT molecular complexity index is 989. The fourth-order valence-electron chi connectivity index (χ4n) is 3.49. The highest BCUT2D eigenvalue weighted by molar-refractivity contribution is 6.30. The molecule has 0 spiro atoms. The lowest BCUT2D eigenvalue weighted by molar-refractivity contribution is -0.181. The van der Waals surface area contributed by atoms with Crippen molar-refractivity contribution in [3.05, 3.63) is 51.4 Å². The van der Waals surface area contributed by atoms with Crippen molar-refractivity contribution < 1.29 is 27.4 Å². The Kier molecular flexibility index (Phi) is 6.57. The summed E-state index contributed by atoms with van der Waals surface area (Å²) in [4.78, 5) is 24.4. The lowest BCUT2D eigenvalue weighted by Crippen LogP contribution is -2.33. The van der Waals surface area contributed by atoms with Crippen molar-refractivity contribution in [3.63, 3.8) is 0 Å².